The van der Waals surface area contributed by atoms with E-state index in [1.54, 1.807) is 60.7 Å². The molecule has 4 aliphatic carbocycles. The number of nitrogen functional groups attached to an aromatic ring is 1. The van der Waals surface area contributed by atoms with Crippen LogP contribution in [0.25, 0.3) is 21.8 Å². The third-order valence-electron chi connectivity index (χ3n) is 13.8. The van der Waals surface area contributed by atoms with Crippen LogP contribution in [-0.2, 0) is 9.59 Å². The van der Waals surface area contributed by atoms with Gasteiger partial charge in [0, 0.05) is 50.5 Å². The number of hydrogen-bond donors (Lipinski definition) is 3. The molecule has 4 aliphatic rings. The van der Waals surface area contributed by atoms with Crippen molar-refractivity contribution in [1.29, 1.82) is 0 Å². The van der Waals surface area contributed by atoms with E-state index < -0.39 is 13.1 Å². The number of carboxylic acids is 1. The standard InChI is InChI=1S/C25H24ClFN2O.C19H20FNO2.C6H6ClN.CH3F/c26-17-3-6-19(7-4-17)29-25(30)21-9-2-15-13-16(21)1-8-20(15)22-11-12-28-24-10-5-18(27)14-23(22)24;20-13-3-6-18-17(10-13)16(7-8-21-18)14-4-1-12-9-11(14)2-5-15(12)19(22)23;7-5-1-3-6(8)4-2-5;1-2/h3-7,10-12,14-16,20-21H,1-2,8-9,13H2,(H,29,30);3,6-8,10-12,14-15H,1-2,4-5,9H2,(H,22,23);1-4H,8H2;1H3/i;;;1D. The lowest BCUT2D eigenvalue weighted by Crippen LogP contribution is -2.39. The number of halogens is 5. The second-order valence-electron chi connectivity index (χ2n) is 17.3. The molecule has 6 aromatic rings. The minimum atomic E-state index is -1.00. The van der Waals surface area contributed by atoms with Gasteiger partial charge in [-0.25, -0.2) is 8.78 Å². The fourth-order valence-corrected chi connectivity index (χ4v) is 11.1. The number of nitrogens with two attached hydrogens (primary N) is 1. The van der Waals surface area contributed by atoms with E-state index in [0.717, 1.165) is 102 Å². The van der Waals surface area contributed by atoms with E-state index in [1.807, 2.05) is 30.6 Å². The van der Waals surface area contributed by atoms with Crippen molar-refractivity contribution in [2.24, 2.45) is 35.5 Å². The van der Waals surface area contributed by atoms with Crippen molar-refractivity contribution < 1.29 is 29.2 Å². The average Bonchev–Trinajstić information content (AvgIpc) is 3.29. The lowest BCUT2D eigenvalue weighted by Gasteiger charge is -2.44. The minimum absolute atomic E-state index is 0.0597. The zero-order valence-electron chi connectivity index (χ0n) is 35.9. The number of rotatable bonds is 5. The number of aliphatic carboxylic acids is 1. The maximum atomic E-state index is 13.9. The van der Waals surface area contributed by atoms with Crippen molar-refractivity contribution in [3.63, 3.8) is 0 Å². The highest BCUT2D eigenvalue weighted by molar-refractivity contribution is 6.30. The largest absolute Gasteiger partial charge is 0.481 e. The van der Waals surface area contributed by atoms with Crippen LogP contribution in [0.2, 0.25) is 10.0 Å². The van der Waals surface area contributed by atoms with Crippen LogP contribution in [-0.4, -0.2) is 34.1 Å². The molecule has 8 atom stereocenters. The SMILES string of the molecule is Nc1ccc(Cl)cc1.O=C(Nc1ccc(Cl)cc1)C1CCC2CC1CCC2c1ccnc2ccc(F)cc12.O=C(O)C1CCC2CC1CCC2c1ccnc2ccc(F)cc12.[2H]CF. The van der Waals surface area contributed by atoms with Gasteiger partial charge in [-0.05, 0) is 208 Å². The second-order valence-corrected chi connectivity index (χ2v) is 18.1. The fraction of sp³-hybridized carbons (Fsp3) is 0.373. The topological polar surface area (TPSA) is 118 Å². The number of anilines is 2. The Bertz CT molecular complexity index is 2510. The first-order valence-electron chi connectivity index (χ1n) is 22.4. The highest BCUT2D eigenvalue weighted by atomic mass is 35.5. The lowest BCUT2D eigenvalue weighted by molar-refractivity contribution is -0.146. The molecule has 63 heavy (non-hydrogen) atoms. The molecule has 1 amide bonds. The molecule has 0 radical (unpaired) electrons. The minimum Gasteiger partial charge on any atom is -0.481 e. The summed E-state index contributed by atoms with van der Waals surface area (Å²) in [5.41, 5.74) is 11.0. The Labute approximate surface area is 378 Å². The lowest BCUT2D eigenvalue weighted by atomic mass is 9.61. The van der Waals surface area contributed by atoms with Crippen LogP contribution in [0.5, 0.6) is 0 Å². The molecule has 4 N–H and O–H groups in total. The molecule has 4 fully saturated rings. The van der Waals surface area contributed by atoms with Crippen LogP contribution < -0.4 is 11.1 Å². The summed E-state index contributed by atoms with van der Waals surface area (Å²) in [5, 5.41) is 15.7. The van der Waals surface area contributed by atoms with Crippen molar-refractivity contribution in [3.8, 4) is 0 Å². The summed E-state index contributed by atoms with van der Waals surface area (Å²) in [5.74, 6) is 1.52. The average molecular weight is 899 g/mol. The van der Waals surface area contributed by atoms with E-state index >= 15 is 0 Å². The molecule has 4 aromatic carbocycles. The number of carboxylic acid groups (broad SMARTS) is 1. The number of carbonyl (C=O) groups is 2. The molecule has 12 heteroatoms. The number of pyridine rings is 2. The zero-order chi connectivity index (χ0) is 45.3. The fourth-order valence-electron chi connectivity index (χ4n) is 10.9. The molecular formula is C51H53Cl2F3N4O3. The molecule has 4 saturated carbocycles. The van der Waals surface area contributed by atoms with Gasteiger partial charge in [-0.1, -0.05) is 23.2 Å². The predicted octanol–water partition coefficient (Wildman–Crippen LogP) is 13.5. The molecule has 0 saturated heterocycles. The number of amides is 1. The van der Waals surface area contributed by atoms with E-state index in [4.69, 9.17) is 30.3 Å². The van der Waals surface area contributed by atoms with Gasteiger partial charge in [0.05, 0.1) is 25.5 Å². The molecule has 330 valence electrons. The van der Waals surface area contributed by atoms with E-state index in [0.29, 0.717) is 40.5 Å². The monoisotopic (exact) mass is 897 g/mol. The third kappa shape index (κ3) is 11.0. The number of nitrogens with zero attached hydrogens (tertiary/aromatic N) is 2. The molecule has 0 aliphatic heterocycles. The number of fused-ring (bicyclic) bond motifs is 6. The van der Waals surface area contributed by atoms with Gasteiger partial charge >= 0.3 is 5.97 Å². The van der Waals surface area contributed by atoms with Crippen LogP contribution in [0.4, 0.5) is 24.5 Å². The summed E-state index contributed by atoms with van der Waals surface area (Å²) < 4.78 is 43.1. The van der Waals surface area contributed by atoms with Gasteiger partial charge in [0.1, 0.15) is 11.6 Å². The van der Waals surface area contributed by atoms with Crippen LogP contribution in [0.1, 0.15) is 88.5 Å². The van der Waals surface area contributed by atoms with Crippen LogP contribution in [0, 0.1) is 47.1 Å². The molecule has 2 aromatic heterocycles. The number of carbonyl (C=O) groups excluding carboxylic acids is 1. The highest BCUT2D eigenvalue weighted by Gasteiger charge is 2.43. The molecular weight excluding hydrogens is 844 g/mol. The van der Waals surface area contributed by atoms with Gasteiger partial charge in [0.2, 0.25) is 5.91 Å². The second kappa shape index (κ2) is 21.0. The van der Waals surface area contributed by atoms with Crippen molar-refractivity contribution in [1.82, 2.24) is 9.97 Å². The third-order valence-corrected chi connectivity index (χ3v) is 14.3. The number of benzene rings is 4. The molecule has 0 spiro atoms. The summed E-state index contributed by atoms with van der Waals surface area (Å²) in [6.45, 7) is 0. The summed E-state index contributed by atoms with van der Waals surface area (Å²) in [4.78, 5) is 33.0. The van der Waals surface area contributed by atoms with Gasteiger partial charge < -0.3 is 16.2 Å². The Balaban J connectivity index is 0.000000158. The van der Waals surface area contributed by atoms with Gasteiger partial charge in [-0.15, -0.1) is 0 Å². The molecule has 7 nitrogen and oxygen atoms in total. The normalized spacial score (nSPS) is 24.8. The molecule has 10 rings (SSSR count). The summed E-state index contributed by atoms with van der Waals surface area (Å²) >= 11 is 11.5. The summed E-state index contributed by atoms with van der Waals surface area (Å²) in [6.07, 6.45) is 13.4. The Morgan fingerprint density at radius 1 is 0.651 bits per heavy atom. The quantitative estimate of drug-likeness (QED) is 0.148. The van der Waals surface area contributed by atoms with Gasteiger partial charge in [-0.2, -0.15) is 0 Å². The highest BCUT2D eigenvalue weighted by Crippen LogP contribution is 2.52. The van der Waals surface area contributed by atoms with Crippen LogP contribution >= 0.6 is 23.2 Å². The summed E-state index contributed by atoms with van der Waals surface area (Å²) in [6, 6.07) is 28.0. The number of alkyl halides is 1. The van der Waals surface area contributed by atoms with E-state index in [-0.39, 0.29) is 29.4 Å². The van der Waals surface area contributed by atoms with Gasteiger partial charge in [0.15, 0.2) is 0 Å². The predicted molar refractivity (Wildman–Crippen MR) is 247 cm³/mol. The zero-order valence-corrected chi connectivity index (χ0v) is 36.4. The number of hydrogen-bond acceptors (Lipinski definition) is 5. The smallest absolute Gasteiger partial charge is 0.306 e. The molecule has 8 unspecified atom stereocenters. The van der Waals surface area contributed by atoms with Crippen LogP contribution in [0.3, 0.4) is 0 Å². The number of nitrogens with one attached hydrogen (secondary N) is 1. The van der Waals surface area contributed by atoms with Crippen molar-refractivity contribution in [2.75, 3.05) is 18.2 Å². The summed E-state index contributed by atoms with van der Waals surface area (Å²) in [7, 11) is -1.00. The van der Waals surface area contributed by atoms with Gasteiger partial charge in [0.25, 0.3) is 0 Å². The van der Waals surface area contributed by atoms with Crippen molar-refractivity contribution in [2.45, 2.75) is 76.0 Å². The maximum Gasteiger partial charge on any atom is 0.306 e. The Hall–Kier alpha value is -5.19. The molecule has 2 heterocycles. The van der Waals surface area contributed by atoms with E-state index in [2.05, 4.69) is 21.4 Å². The first-order valence-corrected chi connectivity index (χ1v) is 22.4. The maximum absolute atomic E-state index is 13.9. The van der Waals surface area contributed by atoms with Crippen molar-refractivity contribution in [3.05, 3.63) is 142 Å². The molecule has 4 bridgehead atoms. The Morgan fingerprint density at radius 2 is 1.10 bits per heavy atom. The Kier molecular flexibility index (Phi) is 14.8. The number of aromatic nitrogens is 2. The Morgan fingerprint density at radius 3 is 1.57 bits per heavy atom. The first kappa shape index (κ1) is 44.4. The van der Waals surface area contributed by atoms with Gasteiger partial charge in [-0.3, -0.25) is 23.9 Å². The van der Waals surface area contributed by atoms with E-state index in [1.165, 1.54) is 23.3 Å². The van der Waals surface area contributed by atoms with E-state index in [9.17, 15) is 27.9 Å². The van der Waals surface area contributed by atoms with Crippen molar-refractivity contribution >= 4 is 68.3 Å². The first-order chi connectivity index (χ1) is 30.9. The van der Waals surface area contributed by atoms with Crippen LogP contribution in [0.15, 0.2) is 109 Å².